The second-order valence-corrected chi connectivity index (χ2v) is 8.05. The summed E-state index contributed by atoms with van der Waals surface area (Å²) in [6.07, 6.45) is -4.59. The number of alkyl halides is 3. The van der Waals surface area contributed by atoms with Crippen LogP contribution >= 0.6 is 23.2 Å². The van der Waals surface area contributed by atoms with Gasteiger partial charge in [0.25, 0.3) is 17.6 Å². The molecule has 1 N–H and O–H groups in total. The Balaban J connectivity index is 1.57. The molecular weight excluding hydrogens is 480 g/mol. The molecule has 0 aliphatic carbocycles. The van der Waals surface area contributed by atoms with Gasteiger partial charge in [-0.2, -0.15) is 13.2 Å². The van der Waals surface area contributed by atoms with Gasteiger partial charge in [-0.1, -0.05) is 35.3 Å². The molecule has 10 heteroatoms. The van der Waals surface area contributed by atoms with Crippen LogP contribution in [0.4, 0.5) is 24.5 Å². The second-order valence-electron chi connectivity index (χ2n) is 7.23. The van der Waals surface area contributed by atoms with E-state index in [9.17, 15) is 27.6 Å². The van der Waals surface area contributed by atoms with E-state index in [4.69, 9.17) is 23.2 Å². The quantitative estimate of drug-likeness (QED) is 0.454. The van der Waals surface area contributed by atoms with Crippen molar-refractivity contribution in [1.82, 2.24) is 0 Å². The van der Waals surface area contributed by atoms with Crippen molar-refractivity contribution in [2.75, 3.05) is 10.2 Å². The summed E-state index contributed by atoms with van der Waals surface area (Å²) in [5.74, 6) is -2.30. The fourth-order valence-corrected chi connectivity index (χ4v) is 3.72. The summed E-state index contributed by atoms with van der Waals surface area (Å²) in [4.78, 5) is 38.7. The summed E-state index contributed by atoms with van der Waals surface area (Å²) < 4.78 is 38.7. The number of hydrogen-bond acceptors (Lipinski definition) is 3. The summed E-state index contributed by atoms with van der Waals surface area (Å²) in [5, 5.41) is 3.12. The number of anilines is 2. The average molecular weight is 493 g/mol. The van der Waals surface area contributed by atoms with Gasteiger partial charge in [0.05, 0.1) is 33.4 Å². The van der Waals surface area contributed by atoms with Gasteiger partial charge >= 0.3 is 6.18 Å². The van der Waals surface area contributed by atoms with Crippen molar-refractivity contribution in [3.8, 4) is 0 Å². The number of Topliss-reactive ketones (excluding diaryl/α,β-unsaturated/α-hetero) is 1. The monoisotopic (exact) mass is 492 g/mol. The molecule has 3 aromatic carbocycles. The Morgan fingerprint density at radius 3 is 2.39 bits per heavy atom. The van der Waals surface area contributed by atoms with Gasteiger partial charge in [0.2, 0.25) is 0 Å². The largest absolute Gasteiger partial charge is 0.416 e. The minimum absolute atomic E-state index is 0.0712. The second kappa shape index (κ2) is 8.53. The average Bonchev–Trinajstić information content (AvgIpc) is 3.00. The van der Waals surface area contributed by atoms with Crippen LogP contribution in [0, 0.1) is 0 Å². The van der Waals surface area contributed by atoms with Crippen LogP contribution in [0.3, 0.4) is 0 Å². The van der Waals surface area contributed by atoms with Crippen molar-refractivity contribution in [2.45, 2.75) is 12.7 Å². The predicted octanol–water partition coefficient (Wildman–Crippen LogP) is 5.99. The Bertz CT molecular complexity index is 1310. The molecule has 33 heavy (non-hydrogen) atoms. The van der Waals surface area contributed by atoms with E-state index in [0.29, 0.717) is 21.3 Å². The van der Waals surface area contributed by atoms with Crippen LogP contribution in [-0.2, 0) is 17.5 Å². The third-order valence-electron chi connectivity index (χ3n) is 5.01. The van der Waals surface area contributed by atoms with E-state index in [-0.39, 0.29) is 23.4 Å². The van der Waals surface area contributed by atoms with Gasteiger partial charge in [-0.15, -0.1) is 0 Å². The normalized spacial score (nSPS) is 13.3. The summed E-state index contributed by atoms with van der Waals surface area (Å²) in [5.41, 5.74) is 0.0702. The smallest absolute Gasteiger partial charge is 0.322 e. The lowest BCUT2D eigenvalue weighted by Crippen LogP contribution is -2.29. The Kier molecular flexibility index (Phi) is 5.90. The Morgan fingerprint density at radius 2 is 1.70 bits per heavy atom. The van der Waals surface area contributed by atoms with E-state index in [2.05, 4.69) is 5.32 Å². The first kappa shape index (κ1) is 22.8. The van der Waals surface area contributed by atoms with Crippen LogP contribution in [0.25, 0.3) is 0 Å². The van der Waals surface area contributed by atoms with Crippen molar-refractivity contribution in [3.05, 3.63) is 93.0 Å². The Labute approximate surface area is 195 Å². The molecule has 0 fully saturated rings. The van der Waals surface area contributed by atoms with Crippen LogP contribution in [0.2, 0.25) is 10.0 Å². The lowest BCUT2D eigenvalue weighted by Gasteiger charge is -2.17. The number of nitrogens with one attached hydrogen (secondary N) is 1. The third-order valence-corrected chi connectivity index (χ3v) is 5.75. The zero-order valence-corrected chi connectivity index (χ0v) is 18.1. The molecule has 168 valence electrons. The summed E-state index contributed by atoms with van der Waals surface area (Å²) in [6, 6.07) is 13.1. The molecule has 0 saturated carbocycles. The van der Waals surface area contributed by atoms with E-state index >= 15 is 0 Å². The first-order valence-corrected chi connectivity index (χ1v) is 10.2. The van der Waals surface area contributed by atoms with Crippen LogP contribution in [0.1, 0.15) is 31.8 Å². The number of halogens is 5. The van der Waals surface area contributed by atoms with Gasteiger partial charge < -0.3 is 10.2 Å². The van der Waals surface area contributed by atoms with Crippen LogP contribution in [0.5, 0.6) is 0 Å². The minimum atomic E-state index is -4.59. The molecule has 1 aliphatic rings. The highest BCUT2D eigenvalue weighted by molar-refractivity contribution is 6.52. The number of benzene rings is 3. The Hall–Kier alpha value is -3.36. The standard InChI is InChI=1S/C23H13Cl2F3N2O3/c24-17-6-4-12(8-18(17)25)11-30-19-7-5-15(10-16(19)20(31)22(30)33)29-21(32)13-2-1-3-14(9-13)23(26,27)28/h1-10H,11H2,(H,29,32). The molecule has 0 unspecified atom stereocenters. The molecule has 0 spiro atoms. The topological polar surface area (TPSA) is 66.5 Å². The molecule has 4 rings (SSSR count). The number of fused-ring (bicyclic) bond motifs is 1. The lowest BCUT2D eigenvalue weighted by atomic mass is 10.1. The predicted molar refractivity (Wildman–Crippen MR) is 118 cm³/mol. The molecule has 2 amide bonds. The highest BCUT2D eigenvalue weighted by Gasteiger charge is 2.36. The van der Waals surface area contributed by atoms with Gasteiger partial charge in [-0.3, -0.25) is 14.4 Å². The number of hydrogen-bond donors (Lipinski definition) is 1. The molecule has 0 atom stereocenters. The van der Waals surface area contributed by atoms with Crippen molar-refractivity contribution in [2.24, 2.45) is 0 Å². The van der Waals surface area contributed by atoms with E-state index in [0.717, 1.165) is 18.2 Å². The molecule has 1 heterocycles. The molecule has 5 nitrogen and oxygen atoms in total. The fraction of sp³-hybridized carbons (Fsp3) is 0.0870. The van der Waals surface area contributed by atoms with Crippen LogP contribution < -0.4 is 10.2 Å². The lowest BCUT2D eigenvalue weighted by molar-refractivity contribution is -0.137. The highest BCUT2D eigenvalue weighted by Crippen LogP contribution is 2.34. The SMILES string of the molecule is O=C(Nc1ccc2c(c1)C(=O)C(=O)N2Cc1ccc(Cl)c(Cl)c1)c1cccc(C(F)(F)F)c1. The van der Waals surface area contributed by atoms with Gasteiger partial charge in [0, 0.05) is 11.3 Å². The minimum Gasteiger partial charge on any atom is -0.322 e. The number of nitrogens with zero attached hydrogens (tertiary/aromatic N) is 1. The van der Waals surface area contributed by atoms with Crippen LogP contribution in [-0.4, -0.2) is 17.6 Å². The molecule has 0 bridgehead atoms. The first-order chi connectivity index (χ1) is 15.5. The molecule has 0 saturated heterocycles. The number of carbonyl (C=O) groups is 3. The molecule has 0 radical (unpaired) electrons. The molecular formula is C23H13Cl2F3N2O3. The van der Waals surface area contributed by atoms with E-state index in [1.165, 1.54) is 29.2 Å². The van der Waals surface area contributed by atoms with Crippen molar-refractivity contribution in [1.29, 1.82) is 0 Å². The number of rotatable bonds is 4. The maximum absolute atomic E-state index is 12.9. The van der Waals surface area contributed by atoms with Gasteiger partial charge in [-0.05, 0) is 54.1 Å². The number of ketones is 1. The maximum Gasteiger partial charge on any atom is 0.416 e. The molecule has 3 aromatic rings. The van der Waals surface area contributed by atoms with Crippen molar-refractivity contribution in [3.63, 3.8) is 0 Å². The summed E-state index contributed by atoms with van der Waals surface area (Å²) in [7, 11) is 0. The van der Waals surface area contributed by atoms with E-state index < -0.39 is 29.3 Å². The number of amides is 2. The zero-order chi connectivity index (χ0) is 23.9. The maximum atomic E-state index is 12.9. The van der Waals surface area contributed by atoms with Gasteiger partial charge in [0.15, 0.2) is 0 Å². The van der Waals surface area contributed by atoms with Crippen molar-refractivity contribution < 1.29 is 27.6 Å². The molecule has 1 aliphatic heterocycles. The van der Waals surface area contributed by atoms with Gasteiger partial charge in [0.1, 0.15) is 0 Å². The van der Waals surface area contributed by atoms with Gasteiger partial charge in [-0.25, -0.2) is 0 Å². The zero-order valence-electron chi connectivity index (χ0n) is 16.5. The summed E-state index contributed by atoms with van der Waals surface area (Å²) >= 11 is 11.9. The fourth-order valence-electron chi connectivity index (χ4n) is 3.40. The highest BCUT2D eigenvalue weighted by atomic mass is 35.5. The van der Waals surface area contributed by atoms with Crippen molar-refractivity contribution >= 4 is 52.2 Å². The van der Waals surface area contributed by atoms with E-state index in [1.807, 2.05) is 0 Å². The molecule has 0 aromatic heterocycles. The third kappa shape index (κ3) is 4.58. The summed E-state index contributed by atoms with van der Waals surface area (Å²) in [6.45, 7) is 0.0738. The van der Waals surface area contributed by atoms with Crippen LogP contribution in [0.15, 0.2) is 60.7 Å². The first-order valence-electron chi connectivity index (χ1n) is 9.47. The number of carbonyl (C=O) groups excluding carboxylic acids is 3. The Morgan fingerprint density at radius 1 is 0.939 bits per heavy atom. The van der Waals surface area contributed by atoms with E-state index in [1.54, 1.807) is 18.2 Å².